The molecule has 5 nitrogen and oxygen atoms in total. The number of amides is 1. The summed E-state index contributed by atoms with van der Waals surface area (Å²) in [6.07, 6.45) is 0.660. The number of nitrogens with one attached hydrogen (secondary N) is 1. The van der Waals surface area contributed by atoms with Crippen LogP contribution in [0.1, 0.15) is 18.4 Å². The number of carbonyl (C=O) groups excluding carboxylic acids is 1. The lowest BCUT2D eigenvalue weighted by atomic mass is 10.0. The van der Waals surface area contributed by atoms with E-state index < -0.39 is 28.5 Å². The molecule has 0 saturated heterocycles. The first kappa shape index (κ1) is 18.9. The van der Waals surface area contributed by atoms with Gasteiger partial charge >= 0.3 is 12.1 Å². The quantitative estimate of drug-likeness (QED) is 0.722. The molecule has 0 spiro atoms. The van der Waals surface area contributed by atoms with Crippen LogP contribution in [0.15, 0.2) is 30.3 Å². The summed E-state index contributed by atoms with van der Waals surface area (Å²) in [5.74, 6) is -1.14. The number of ether oxygens (including phenoxy) is 1. The second-order valence-corrected chi connectivity index (χ2v) is 7.12. The monoisotopic (exact) mass is 367 g/mol. The molecule has 1 rings (SSSR count). The number of carboxylic acid groups (broad SMARTS) is 1. The third-order valence-electron chi connectivity index (χ3n) is 2.76. The summed E-state index contributed by atoms with van der Waals surface area (Å²) < 4.78 is 2.91. The predicted octanol–water partition coefficient (Wildman–Crippen LogP) is 3.56. The Morgan fingerprint density at radius 1 is 1.23 bits per heavy atom. The van der Waals surface area contributed by atoms with E-state index in [1.807, 2.05) is 30.3 Å². The lowest BCUT2D eigenvalue weighted by Crippen LogP contribution is -2.41. The number of halogens is 3. The molecule has 1 aromatic rings. The van der Waals surface area contributed by atoms with Gasteiger partial charge < -0.3 is 15.2 Å². The number of carbonyl (C=O) groups is 2. The molecule has 122 valence electrons. The molecule has 0 fully saturated rings. The van der Waals surface area contributed by atoms with Crippen LogP contribution in [0.4, 0.5) is 4.79 Å². The summed E-state index contributed by atoms with van der Waals surface area (Å²) in [5.41, 5.74) is 1.10. The van der Waals surface area contributed by atoms with Crippen LogP contribution in [0, 0.1) is 0 Å². The zero-order valence-electron chi connectivity index (χ0n) is 11.6. The van der Waals surface area contributed by atoms with Gasteiger partial charge in [0.1, 0.15) is 12.6 Å². The highest BCUT2D eigenvalue weighted by Gasteiger charge is 2.25. The van der Waals surface area contributed by atoms with Crippen molar-refractivity contribution in [3.8, 4) is 0 Å². The maximum atomic E-state index is 11.5. The molecule has 0 unspecified atom stereocenters. The zero-order chi connectivity index (χ0) is 16.6. The summed E-state index contributed by atoms with van der Waals surface area (Å²) >= 11 is 16.3. The van der Waals surface area contributed by atoms with Gasteiger partial charge in [0.25, 0.3) is 0 Å². The lowest BCUT2D eigenvalue weighted by Gasteiger charge is -2.16. The maximum absolute atomic E-state index is 11.5. The van der Waals surface area contributed by atoms with Crippen LogP contribution in [0.3, 0.4) is 0 Å². The number of aliphatic carboxylic acids is 1. The number of carboxylic acids is 1. The number of aryl methyl sites for hydroxylation is 1. The standard InChI is InChI=1S/C14H16Cl3NO4/c15-14(16,17)9-22-13(21)18-11(12(19)20)8-4-7-10-5-2-1-3-6-10/h1-3,5-6,11H,4,7-9H2,(H,18,21)(H,19,20)/t11-/m0/s1. The highest BCUT2D eigenvalue weighted by atomic mass is 35.6. The summed E-state index contributed by atoms with van der Waals surface area (Å²) in [6, 6.07) is 8.60. The Kier molecular flexibility index (Phi) is 7.79. The van der Waals surface area contributed by atoms with Gasteiger partial charge in [0.15, 0.2) is 0 Å². The van der Waals surface area contributed by atoms with Crippen LogP contribution < -0.4 is 5.32 Å². The topological polar surface area (TPSA) is 75.6 Å². The van der Waals surface area contributed by atoms with Gasteiger partial charge in [-0.25, -0.2) is 9.59 Å². The van der Waals surface area contributed by atoms with Crippen molar-refractivity contribution in [3.63, 3.8) is 0 Å². The molecule has 0 saturated carbocycles. The normalized spacial score (nSPS) is 12.5. The molecule has 0 aromatic heterocycles. The second kappa shape index (κ2) is 9.08. The van der Waals surface area contributed by atoms with Gasteiger partial charge in [0.05, 0.1) is 0 Å². The third kappa shape index (κ3) is 8.32. The molecule has 0 radical (unpaired) electrons. The van der Waals surface area contributed by atoms with Gasteiger partial charge in [-0.15, -0.1) is 0 Å². The van der Waals surface area contributed by atoms with E-state index in [4.69, 9.17) is 39.9 Å². The van der Waals surface area contributed by atoms with Gasteiger partial charge in [-0.3, -0.25) is 0 Å². The maximum Gasteiger partial charge on any atom is 0.407 e. The Labute approximate surface area is 143 Å². The molecule has 0 bridgehead atoms. The first-order chi connectivity index (χ1) is 10.3. The van der Waals surface area contributed by atoms with Crippen LogP contribution >= 0.6 is 34.8 Å². The summed E-state index contributed by atoms with van der Waals surface area (Å²) in [4.78, 5) is 22.6. The van der Waals surface area contributed by atoms with Crippen molar-refractivity contribution in [3.05, 3.63) is 35.9 Å². The second-order valence-electron chi connectivity index (χ2n) is 4.60. The zero-order valence-corrected chi connectivity index (χ0v) is 13.9. The molecule has 22 heavy (non-hydrogen) atoms. The molecule has 2 N–H and O–H groups in total. The van der Waals surface area contributed by atoms with Gasteiger partial charge in [-0.05, 0) is 24.8 Å². The highest BCUT2D eigenvalue weighted by molar-refractivity contribution is 6.67. The summed E-state index contributed by atoms with van der Waals surface area (Å²) in [6.45, 7) is -0.458. The van der Waals surface area contributed by atoms with E-state index >= 15 is 0 Å². The van der Waals surface area contributed by atoms with E-state index in [1.165, 1.54) is 0 Å². The van der Waals surface area contributed by atoms with E-state index in [0.29, 0.717) is 6.42 Å². The van der Waals surface area contributed by atoms with E-state index in [-0.39, 0.29) is 6.42 Å². The summed E-state index contributed by atoms with van der Waals surface area (Å²) in [5, 5.41) is 11.3. The van der Waals surface area contributed by atoms with Gasteiger partial charge in [-0.1, -0.05) is 65.1 Å². The van der Waals surface area contributed by atoms with Crippen molar-refractivity contribution in [2.24, 2.45) is 0 Å². The van der Waals surface area contributed by atoms with Crippen molar-refractivity contribution >= 4 is 46.9 Å². The van der Waals surface area contributed by atoms with Crippen molar-refractivity contribution < 1.29 is 19.4 Å². The van der Waals surface area contributed by atoms with Crippen LogP contribution in [-0.4, -0.2) is 33.6 Å². The molecule has 1 aromatic carbocycles. The fourth-order valence-electron chi connectivity index (χ4n) is 1.74. The fraction of sp³-hybridized carbons (Fsp3) is 0.429. The van der Waals surface area contributed by atoms with Crippen molar-refractivity contribution in [2.75, 3.05) is 6.61 Å². The van der Waals surface area contributed by atoms with E-state index in [2.05, 4.69) is 10.1 Å². The molecule has 0 aliphatic heterocycles. The minimum atomic E-state index is -1.73. The van der Waals surface area contributed by atoms with Crippen molar-refractivity contribution in [2.45, 2.75) is 29.1 Å². The molecule has 0 aliphatic carbocycles. The minimum absolute atomic E-state index is 0.271. The number of alkyl halides is 3. The average molecular weight is 369 g/mol. The molecule has 0 heterocycles. The Morgan fingerprint density at radius 3 is 2.41 bits per heavy atom. The predicted molar refractivity (Wildman–Crippen MR) is 85.6 cm³/mol. The number of benzene rings is 1. The Balaban J connectivity index is 2.38. The molecule has 1 atom stereocenters. The van der Waals surface area contributed by atoms with Crippen LogP contribution in [0.25, 0.3) is 0 Å². The van der Waals surface area contributed by atoms with Gasteiger partial charge in [0.2, 0.25) is 3.79 Å². The van der Waals surface area contributed by atoms with Crippen molar-refractivity contribution in [1.82, 2.24) is 5.32 Å². The molecular formula is C14H16Cl3NO4. The van der Waals surface area contributed by atoms with E-state index in [9.17, 15) is 9.59 Å². The molecule has 8 heteroatoms. The lowest BCUT2D eigenvalue weighted by molar-refractivity contribution is -0.139. The highest BCUT2D eigenvalue weighted by Crippen LogP contribution is 2.25. The largest absolute Gasteiger partial charge is 0.480 e. The van der Waals surface area contributed by atoms with Gasteiger partial charge in [0, 0.05) is 0 Å². The number of hydrogen-bond acceptors (Lipinski definition) is 3. The van der Waals surface area contributed by atoms with Crippen LogP contribution in [0.5, 0.6) is 0 Å². The molecule has 0 aliphatic rings. The Hall–Kier alpha value is -1.17. The van der Waals surface area contributed by atoms with Crippen LogP contribution in [-0.2, 0) is 16.0 Å². The first-order valence-corrected chi connectivity index (χ1v) is 7.68. The Morgan fingerprint density at radius 2 is 1.86 bits per heavy atom. The van der Waals surface area contributed by atoms with Crippen LogP contribution in [0.2, 0.25) is 0 Å². The SMILES string of the molecule is O=C(N[C@@H](CCCc1ccccc1)C(=O)O)OCC(Cl)(Cl)Cl. The number of hydrogen-bond donors (Lipinski definition) is 2. The van der Waals surface area contributed by atoms with Crippen molar-refractivity contribution in [1.29, 1.82) is 0 Å². The Bertz CT molecular complexity index is 491. The molecular weight excluding hydrogens is 353 g/mol. The smallest absolute Gasteiger partial charge is 0.407 e. The van der Waals surface area contributed by atoms with E-state index in [1.54, 1.807) is 0 Å². The number of alkyl carbamates (subject to hydrolysis) is 1. The third-order valence-corrected chi connectivity index (χ3v) is 3.09. The number of rotatable bonds is 7. The first-order valence-electron chi connectivity index (χ1n) is 6.54. The van der Waals surface area contributed by atoms with E-state index in [0.717, 1.165) is 12.0 Å². The molecule has 1 amide bonds. The fourth-order valence-corrected chi connectivity index (χ4v) is 1.91. The minimum Gasteiger partial charge on any atom is -0.480 e. The average Bonchev–Trinajstić information content (AvgIpc) is 2.44. The summed E-state index contributed by atoms with van der Waals surface area (Å²) in [7, 11) is 0. The van der Waals surface area contributed by atoms with Gasteiger partial charge in [-0.2, -0.15) is 0 Å².